The zero-order chi connectivity index (χ0) is 16.3. The quantitative estimate of drug-likeness (QED) is 0.315. The van der Waals surface area contributed by atoms with Crippen LogP contribution in [-0.2, 0) is 9.53 Å². The largest absolute Gasteiger partial charge is 0.376 e. The summed E-state index contributed by atoms with van der Waals surface area (Å²) in [6.45, 7) is 5.00. The van der Waals surface area contributed by atoms with Crippen molar-refractivity contribution in [3.8, 4) is 0 Å². The number of aliphatic imine (C=N–C) groups is 1. The fraction of sp³-hybridized carbons (Fsp3) is 0.882. The van der Waals surface area contributed by atoms with Gasteiger partial charge in [0.15, 0.2) is 5.96 Å². The van der Waals surface area contributed by atoms with Crippen LogP contribution in [0.1, 0.15) is 58.3 Å². The van der Waals surface area contributed by atoms with E-state index >= 15 is 0 Å². The van der Waals surface area contributed by atoms with Crippen molar-refractivity contribution in [1.29, 1.82) is 0 Å². The third-order valence-electron chi connectivity index (χ3n) is 4.44. The van der Waals surface area contributed by atoms with Gasteiger partial charge in [0, 0.05) is 32.2 Å². The number of nitrogens with one attached hydrogen (secondary N) is 3. The number of guanidine groups is 1. The first kappa shape index (κ1) is 21.5. The van der Waals surface area contributed by atoms with Crippen LogP contribution in [0.5, 0.6) is 0 Å². The van der Waals surface area contributed by atoms with Crippen molar-refractivity contribution in [1.82, 2.24) is 16.0 Å². The first-order valence-electron chi connectivity index (χ1n) is 9.21. The van der Waals surface area contributed by atoms with Crippen LogP contribution in [0, 0.1) is 0 Å². The lowest BCUT2D eigenvalue weighted by atomic mass is 9.95. The van der Waals surface area contributed by atoms with E-state index in [9.17, 15) is 4.79 Å². The minimum atomic E-state index is 0. The highest BCUT2D eigenvalue weighted by molar-refractivity contribution is 14.0. The van der Waals surface area contributed by atoms with Gasteiger partial charge in [-0.05, 0) is 32.6 Å². The van der Waals surface area contributed by atoms with Crippen molar-refractivity contribution in [3.05, 3.63) is 0 Å². The molecule has 0 aromatic rings. The van der Waals surface area contributed by atoms with Gasteiger partial charge in [0.1, 0.15) is 0 Å². The van der Waals surface area contributed by atoms with E-state index in [2.05, 4.69) is 20.9 Å². The van der Waals surface area contributed by atoms with E-state index in [-0.39, 0.29) is 36.0 Å². The normalized spacial score (nSPS) is 21.9. The van der Waals surface area contributed by atoms with Crippen LogP contribution in [0.25, 0.3) is 0 Å². The number of carbonyl (C=O) groups is 1. The van der Waals surface area contributed by atoms with Gasteiger partial charge in [-0.3, -0.25) is 9.79 Å². The molecule has 6 nitrogen and oxygen atoms in total. The Morgan fingerprint density at radius 3 is 2.58 bits per heavy atom. The van der Waals surface area contributed by atoms with Crippen molar-refractivity contribution in [2.45, 2.75) is 70.4 Å². The highest BCUT2D eigenvalue weighted by atomic mass is 127. The molecule has 1 atom stereocenters. The predicted molar refractivity (Wildman–Crippen MR) is 108 cm³/mol. The Bertz CT molecular complexity index is 381. The van der Waals surface area contributed by atoms with E-state index in [1.54, 1.807) is 0 Å². The van der Waals surface area contributed by atoms with Crippen LogP contribution in [-0.4, -0.2) is 50.3 Å². The van der Waals surface area contributed by atoms with Gasteiger partial charge in [-0.1, -0.05) is 19.3 Å². The lowest BCUT2D eigenvalue weighted by molar-refractivity contribution is -0.121. The minimum Gasteiger partial charge on any atom is -0.376 e. The van der Waals surface area contributed by atoms with Gasteiger partial charge in [-0.25, -0.2) is 0 Å². The third-order valence-corrected chi connectivity index (χ3v) is 4.44. The molecule has 2 aliphatic rings. The summed E-state index contributed by atoms with van der Waals surface area (Å²) in [5, 5.41) is 9.59. The average Bonchev–Trinajstić information content (AvgIpc) is 3.07. The Labute approximate surface area is 163 Å². The van der Waals surface area contributed by atoms with Gasteiger partial charge >= 0.3 is 0 Å². The van der Waals surface area contributed by atoms with Gasteiger partial charge in [0.2, 0.25) is 5.91 Å². The van der Waals surface area contributed by atoms with Gasteiger partial charge < -0.3 is 20.7 Å². The van der Waals surface area contributed by atoms with Crippen LogP contribution < -0.4 is 16.0 Å². The molecule has 0 bridgehead atoms. The summed E-state index contributed by atoms with van der Waals surface area (Å²) < 4.78 is 5.58. The molecule has 140 valence electrons. The minimum absolute atomic E-state index is 0. The summed E-state index contributed by atoms with van der Waals surface area (Å²) in [7, 11) is 0. The summed E-state index contributed by atoms with van der Waals surface area (Å²) in [6, 6.07) is 0.387. The van der Waals surface area contributed by atoms with Crippen LogP contribution >= 0.6 is 24.0 Å². The van der Waals surface area contributed by atoms with Crippen molar-refractivity contribution < 1.29 is 9.53 Å². The molecule has 2 fully saturated rings. The van der Waals surface area contributed by atoms with Crippen molar-refractivity contribution in [3.63, 3.8) is 0 Å². The second kappa shape index (κ2) is 12.7. The Morgan fingerprint density at radius 2 is 1.92 bits per heavy atom. The second-order valence-electron chi connectivity index (χ2n) is 6.43. The Balaban J connectivity index is 0.00000288. The first-order chi connectivity index (χ1) is 11.3. The lowest BCUT2D eigenvalue weighted by Gasteiger charge is -2.22. The maximum absolute atomic E-state index is 12.0. The van der Waals surface area contributed by atoms with Crippen LogP contribution in [0.15, 0.2) is 4.99 Å². The molecule has 1 saturated heterocycles. The molecule has 0 aromatic carbocycles. The highest BCUT2D eigenvalue weighted by Crippen LogP contribution is 2.17. The van der Waals surface area contributed by atoms with E-state index in [0.717, 1.165) is 44.8 Å². The SMILES string of the molecule is CCNC(=NCC1CCCO1)NCCC(=O)NC1CCCCC1.I. The van der Waals surface area contributed by atoms with Gasteiger partial charge in [-0.15, -0.1) is 24.0 Å². The molecule has 1 saturated carbocycles. The Morgan fingerprint density at radius 1 is 1.12 bits per heavy atom. The molecule has 2 rings (SSSR count). The lowest BCUT2D eigenvalue weighted by Crippen LogP contribution is -2.41. The molecule has 3 N–H and O–H groups in total. The Kier molecular flexibility index (Phi) is 11.4. The van der Waals surface area contributed by atoms with E-state index in [1.807, 2.05) is 6.92 Å². The number of halogens is 1. The molecular weight excluding hydrogens is 419 g/mol. The van der Waals surface area contributed by atoms with Gasteiger partial charge in [-0.2, -0.15) is 0 Å². The standard InChI is InChI=1S/C17H32N4O2.HI/c1-2-18-17(20-13-15-9-6-12-23-15)19-11-10-16(22)21-14-7-4-3-5-8-14;/h14-15H,2-13H2,1H3,(H,21,22)(H2,18,19,20);1H. The molecule has 1 heterocycles. The fourth-order valence-corrected chi connectivity index (χ4v) is 3.16. The number of hydrogen-bond acceptors (Lipinski definition) is 3. The number of ether oxygens (including phenoxy) is 1. The number of rotatable bonds is 7. The molecular formula is C17H33IN4O2. The summed E-state index contributed by atoms with van der Waals surface area (Å²) >= 11 is 0. The van der Waals surface area contributed by atoms with E-state index in [4.69, 9.17) is 4.74 Å². The number of amides is 1. The van der Waals surface area contributed by atoms with Crippen molar-refractivity contribution in [2.75, 3.05) is 26.2 Å². The van der Waals surface area contributed by atoms with Crippen LogP contribution in [0.3, 0.4) is 0 Å². The topological polar surface area (TPSA) is 74.8 Å². The monoisotopic (exact) mass is 452 g/mol. The average molecular weight is 452 g/mol. The van der Waals surface area contributed by atoms with E-state index in [0.29, 0.717) is 25.6 Å². The molecule has 7 heteroatoms. The zero-order valence-corrected chi connectivity index (χ0v) is 17.1. The molecule has 1 aliphatic carbocycles. The van der Waals surface area contributed by atoms with E-state index < -0.39 is 0 Å². The van der Waals surface area contributed by atoms with Crippen LogP contribution in [0.4, 0.5) is 0 Å². The summed E-state index contributed by atoms with van der Waals surface area (Å²) in [4.78, 5) is 16.5. The number of carbonyl (C=O) groups excluding carboxylic acids is 1. The Hall–Kier alpha value is -0.570. The second-order valence-corrected chi connectivity index (χ2v) is 6.43. The smallest absolute Gasteiger partial charge is 0.221 e. The van der Waals surface area contributed by atoms with Gasteiger partial charge in [0.05, 0.1) is 12.6 Å². The molecule has 1 aliphatic heterocycles. The van der Waals surface area contributed by atoms with E-state index in [1.165, 1.54) is 19.3 Å². The highest BCUT2D eigenvalue weighted by Gasteiger charge is 2.16. The fourth-order valence-electron chi connectivity index (χ4n) is 3.16. The molecule has 0 radical (unpaired) electrons. The number of hydrogen-bond donors (Lipinski definition) is 3. The van der Waals surface area contributed by atoms with Crippen molar-refractivity contribution >= 4 is 35.8 Å². The van der Waals surface area contributed by atoms with Crippen LogP contribution in [0.2, 0.25) is 0 Å². The molecule has 1 amide bonds. The summed E-state index contributed by atoms with van der Waals surface area (Å²) in [5.41, 5.74) is 0. The predicted octanol–water partition coefficient (Wildman–Crippen LogP) is 2.18. The summed E-state index contributed by atoms with van der Waals surface area (Å²) in [6.07, 6.45) is 9.00. The molecule has 1 unspecified atom stereocenters. The third kappa shape index (κ3) is 8.50. The molecule has 0 spiro atoms. The maximum atomic E-state index is 12.0. The van der Waals surface area contributed by atoms with Crippen molar-refractivity contribution in [2.24, 2.45) is 4.99 Å². The maximum Gasteiger partial charge on any atom is 0.221 e. The zero-order valence-electron chi connectivity index (χ0n) is 14.8. The van der Waals surface area contributed by atoms with Gasteiger partial charge in [0.25, 0.3) is 0 Å². The molecule has 0 aromatic heterocycles. The molecule has 24 heavy (non-hydrogen) atoms. The summed E-state index contributed by atoms with van der Waals surface area (Å²) in [5.74, 6) is 0.910. The number of nitrogens with zero attached hydrogens (tertiary/aromatic N) is 1. The first-order valence-corrected chi connectivity index (χ1v) is 9.21.